The van der Waals surface area contributed by atoms with E-state index in [0.29, 0.717) is 11.4 Å². The smallest absolute Gasteiger partial charge is 0.411 e. The second kappa shape index (κ2) is 8.18. The molecule has 0 saturated heterocycles. The third kappa shape index (κ3) is 5.23. The number of carbonyl (C=O) groups is 2. The van der Waals surface area contributed by atoms with E-state index in [0.717, 1.165) is 0 Å². The van der Waals surface area contributed by atoms with Crippen LogP contribution in [0.4, 0.5) is 10.5 Å². The minimum Gasteiger partial charge on any atom is -0.472 e. The first-order valence-corrected chi connectivity index (χ1v) is 7.64. The largest absolute Gasteiger partial charge is 0.472 e. The van der Waals surface area contributed by atoms with Crippen LogP contribution in [0, 0.1) is 16.0 Å². The fraction of sp³-hybridized carbons (Fsp3) is 0.467. The van der Waals surface area contributed by atoms with Crippen molar-refractivity contribution in [2.45, 2.75) is 13.8 Å². The van der Waals surface area contributed by atoms with Crippen molar-refractivity contribution in [1.29, 1.82) is 0 Å². The van der Waals surface area contributed by atoms with Crippen molar-refractivity contribution < 1.29 is 29.0 Å². The average molecular weight is 353 g/mol. The first kappa shape index (κ1) is 18.3. The molecule has 10 nitrogen and oxygen atoms in total. The zero-order chi connectivity index (χ0) is 18.4. The Morgan fingerprint density at radius 1 is 1.48 bits per heavy atom. The van der Waals surface area contributed by atoms with E-state index in [4.69, 9.17) is 9.47 Å². The topological polar surface area (TPSA) is 120 Å². The first-order chi connectivity index (χ1) is 11.9. The third-order valence-electron chi connectivity index (χ3n) is 3.23. The maximum atomic E-state index is 12.4. The van der Waals surface area contributed by atoms with Gasteiger partial charge in [0.15, 0.2) is 6.73 Å². The number of carbonyl (C=O) groups excluding carboxylic acids is 2. The molecule has 2 amide bonds. The molecule has 0 unspecified atom stereocenters. The Bertz CT molecular complexity index is 663. The molecule has 0 aromatic heterocycles. The van der Waals surface area contributed by atoms with Crippen LogP contribution >= 0.6 is 0 Å². The summed E-state index contributed by atoms with van der Waals surface area (Å²) in [7, 11) is 0. The minimum absolute atomic E-state index is 0.00728. The molecule has 136 valence electrons. The van der Waals surface area contributed by atoms with Gasteiger partial charge in [-0.3, -0.25) is 10.1 Å². The Morgan fingerprint density at radius 3 is 2.92 bits per heavy atom. The van der Waals surface area contributed by atoms with Crippen molar-refractivity contribution in [2.75, 3.05) is 31.8 Å². The van der Waals surface area contributed by atoms with Gasteiger partial charge in [0.1, 0.15) is 12.4 Å². The summed E-state index contributed by atoms with van der Waals surface area (Å²) in [5.41, 5.74) is 0.627. The molecule has 0 saturated carbocycles. The molecular weight excluding hydrogens is 334 g/mol. The lowest BCUT2D eigenvalue weighted by Gasteiger charge is -2.28. The van der Waals surface area contributed by atoms with E-state index in [-0.39, 0.29) is 43.9 Å². The SMILES string of the molecule is CC(C)COC(=O)Nc1ccc2c(c1)C(=O)N(CCO[N+](=O)[O-])CO2. The quantitative estimate of drug-likeness (QED) is 0.587. The zero-order valence-corrected chi connectivity index (χ0v) is 13.9. The summed E-state index contributed by atoms with van der Waals surface area (Å²) in [5.74, 6) is 0.212. The van der Waals surface area contributed by atoms with Gasteiger partial charge in [-0.15, -0.1) is 10.1 Å². The van der Waals surface area contributed by atoms with Crippen LogP contribution in [0.5, 0.6) is 5.75 Å². The number of hydrogen-bond acceptors (Lipinski definition) is 7. The van der Waals surface area contributed by atoms with Crippen LogP contribution in [0.15, 0.2) is 18.2 Å². The summed E-state index contributed by atoms with van der Waals surface area (Å²) >= 11 is 0. The van der Waals surface area contributed by atoms with E-state index in [1.54, 1.807) is 12.1 Å². The molecule has 0 atom stereocenters. The first-order valence-electron chi connectivity index (χ1n) is 7.64. The number of hydrogen-bond donors (Lipinski definition) is 1. The molecule has 1 aromatic carbocycles. The maximum Gasteiger partial charge on any atom is 0.411 e. The van der Waals surface area contributed by atoms with Crippen LogP contribution < -0.4 is 10.1 Å². The van der Waals surface area contributed by atoms with Gasteiger partial charge in [0.25, 0.3) is 11.0 Å². The Balaban J connectivity index is 2.00. The van der Waals surface area contributed by atoms with E-state index in [1.165, 1.54) is 11.0 Å². The van der Waals surface area contributed by atoms with Gasteiger partial charge < -0.3 is 19.2 Å². The molecule has 1 aromatic rings. The highest BCUT2D eigenvalue weighted by molar-refractivity contribution is 5.99. The third-order valence-corrected chi connectivity index (χ3v) is 3.23. The van der Waals surface area contributed by atoms with E-state index in [2.05, 4.69) is 10.2 Å². The molecule has 25 heavy (non-hydrogen) atoms. The second-order valence-electron chi connectivity index (χ2n) is 5.73. The standard InChI is InChI=1S/C15H19N3O7/c1-10(2)8-23-15(20)16-11-3-4-13-12(7-11)14(19)17(9-24-13)5-6-25-18(21)22/h3-4,7,10H,5-6,8-9H2,1-2H3,(H,16,20). The molecule has 1 aliphatic rings. The van der Waals surface area contributed by atoms with E-state index in [9.17, 15) is 19.7 Å². The lowest BCUT2D eigenvalue weighted by atomic mass is 10.1. The Hall–Kier alpha value is -3.04. The Kier molecular flexibility index (Phi) is 5.98. The van der Waals surface area contributed by atoms with Gasteiger partial charge in [-0.25, -0.2) is 4.79 Å². The van der Waals surface area contributed by atoms with E-state index in [1.807, 2.05) is 13.8 Å². The average Bonchev–Trinajstić information content (AvgIpc) is 2.55. The molecule has 10 heteroatoms. The van der Waals surface area contributed by atoms with Crippen LogP contribution in [-0.4, -0.2) is 48.5 Å². The van der Waals surface area contributed by atoms with Crippen molar-refractivity contribution in [2.24, 2.45) is 5.92 Å². The van der Waals surface area contributed by atoms with Gasteiger partial charge in [-0.1, -0.05) is 13.8 Å². The summed E-state index contributed by atoms with van der Waals surface area (Å²) in [4.78, 5) is 39.8. The van der Waals surface area contributed by atoms with Crippen LogP contribution in [0.2, 0.25) is 0 Å². The van der Waals surface area contributed by atoms with Crippen molar-refractivity contribution in [1.82, 2.24) is 4.90 Å². The molecule has 0 radical (unpaired) electrons. The number of ether oxygens (including phenoxy) is 2. The molecular formula is C15H19N3O7. The number of amides is 2. The summed E-state index contributed by atoms with van der Waals surface area (Å²) in [6.45, 7) is 3.84. The normalized spacial score (nSPS) is 13.1. The highest BCUT2D eigenvalue weighted by Crippen LogP contribution is 2.28. The van der Waals surface area contributed by atoms with Crippen LogP contribution in [0.25, 0.3) is 0 Å². The zero-order valence-electron chi connectivity index (χ0n) is 13.9. The maximum absolute atomic E-state index is 12.4. The molecule has 0 bridgehead atoms. The fourth-order valence-electron chi connectivity index (χ4n) is 2.07. The van der Waals surface area contributed by atoms with Gasteiger partial charge in [-0.2, -0.15) is 0 Å². The summed E-state index contributed by atoms with van der Waals surface area (Å²) in [5, 5.41) is 11.8. The number of benzene rings is 1. The van der Waals surface area contributed by atoms with Gasteiger partial charge >= 0.3 is 6.09 Å². The summed E-state index contributed by atoms with van der Waals surface area (Å²) < 4.78 is 10.5. The van der Waals surface area contributed by atoms with E-state index < -0.39 is 11.2 Å². The van der Waals surface area contributed by atoms with Crippen molar-refractivity contribution in [3.63, 3.8) is 0 Å². The molecule has 1 heterocycles. The number of fused-ring (bicyclic) bond motifs is 1. The van der Waals surface area contributed by atoms with Crippen molar-refractivity contribution >= 4 is 17.7 Å². The van der Waals surface area contributed by atoms with Crippen LogP contribution in [0.3, 0.4) is 0 Å². The lowest BCUT2D eigenvalue weighted by Crippen LogP contribution is -2.40. The monoisotopic (exact) mass is 353 g/mol. The Morgan fingerprint density at radius 2 is 2.24 bits per heavy atom. The number of nitrogens with one attached hydrogen (secondary N) is 1. The second-order valence-corrected chi connectivity index (χ2v) is 5.73. The number of nitrogens with zero attached hydrogens (tertiary/aromatic N) is 2. The van der Waals surface area contributed by atoms with Gasteiger partial charge in [-0.05, 0) is 24.1 Å². The van der Waals surface area contributed by atoms with Crippen molar-refractivity contribution in [3.8, 4) is 5.75 Å². The predicted octanol–water partition coefficient (Wildman–Crippen LogP) is 1.89. The number of rotatable bonds is 7. The van der Waals surface area contributed by atoms with Crippen LogP contribution in [-0.2, 0) is 9.57 Å². The van der Waals surface area contributed by atoms with Gasteiger partial charge in [0.05, 0.1) is 12.2 Å². The van der Waals surface area contributed by atoms with E-state index >= 15 is 0 Å². The summed E-state index contributed by atoms with van der Waals surface area (Å²) in [6, 6.07) is 4.62. The van der Waals surface area contributed by atoms with Crippen molar-refractivity contribution in [3.05, 3.63) is 33.9 Å². The highest BCUT2D eigenvalue weighted by Gasteiger charge is 2.26. The molecule has 0 spiro atoms. The minimum atomic E-state index is -0.923. The van der Waals surface area contributed by atoms with Gasteiger partial charge in [0, 0.05) is 12.2 Å². The molecule has 1 aliphatic heterocycles. The molecule has 0 aliphatic carbocycles. The van der Waals surface area contributed by atoms with Crippen LogP contribution in [0.1, 0.15) is 24.2 Å². The molecule has 2 rings (SSSR count). The fourth-order valence-corrected chi connectivity index (χ4v) is 2.07. The number of anilines is 1. The van der Waals surface area contributed by atoms with Gasteiger partial charge in [0.2, 0.25) is 0 Å². The molecule has 1 N–H and O–H groups in total. The predicted molar refractivity (Wildman–Crippen MR) is 85.7 cm³/mol. The highest BCUT2D eigenvalue weighted by atomic mass is 16.9. The molecule has 0 fully saturated rings. The summed E-state index contributed by atoms with van der Waals surface area (Å²) in [6.07, 6.45) is -0.617. The Labute approximate surface area is 143 Å². The lowest BCUT2D eigenvalue weighted by molar-refractivity contribution is -0.757.